The molecule has 3 N–H and O–H groups in total. The Bertz CT molecular complexity index is 857. The minimum Gasteiger partial charge on any atom is -0.497 e. The maximum atomic E-state index is 10.2. The number of rotatable bonds is 12. The third-order valence-corrected chi connectivity index (χ3v) is 4.30. The van der Waals surface area contributed by atoms with Crippen LogP contribution in [-0.2, 0) is 0 Å². The molecule has 0 saturated heterocycles. The number of halogens is 1. The molecular formula is C21H30ClN5O4. The number of benzene rings is 1. The van der Waals surface area contributed by atoms with Gasteiger partial charge in [0.2, 0.25) is 5.88 Å². The van der Waals surface area contributed by atoms with Gasteiger partial charge in [-0.1, -0.05) is 11.6 Å². The van der Waals surface area contributed by atoms with Crippen LogP contribution in [0.4, 0.5) is 5.82 Å². The molecule has 0 saturated carbocycles. The molecule has 0 bridgehead atoms. The molecule has 0 aliphatic carbocycles. The van der Waals surface area contributed by atoms with Crippen molar-refractivity contribution in [3.05, 3.63) is 35.4 Å². The fraction of sp³-hybridized carbons (Fsp3) is 0.476. The average Bonchev–Trinajstić information content (AvgIpc) is 2.74. The van der Waals surface area contributed by atoms with Crippen molar-refractivity contribution < 1.29 is 19.3 Å². The van der Waals surface area contributed by atoms with Crippen molar-refractivity contribution in [1.29, 1.82) is 0 Å². The number of anilines is 1. The number of nitrogens with one attached hydrogen (secondary N) is 2. The summed E-state index contributed by atoms with van der Waals surface area (Å²) in [6.07, 6.45) is -0.731. The van der Waals surface area contributed by atoms with Gasteiger partial charge in [-0.3, -0.25) is 5.43 Å². The van der Waals surface area contributed by atoms with Gasteiger partial charge in [-0.15, -0.1) is 10.2 Å². The Hall–Kier alpha value is -2.62. The monoisotopic (exact) mass is 451 g/mol. The third-order valence-electron chi connectivity index (χ3n) is 4.00. The third kappa shape index (κ3) is 8.95. The lowest BCUT2D eigenvalue weighted by Gasteiger charge is -2.27. The van der Waals surface area contributed by atoms with Crippen molar-refractivity contribution in [2.24, 2.45) is 5.10 Å². The van der Waals surface area contributed by atoms with Gasteiger partial charge < -0.3 is 24.6 Å². The molecule has 1 heterocycles. The van der Waals surface area contributed by atoms with Gasteiger partial charge in [0, 0.05) is 29.9 Å². The summed E-state index contributed by atoms with van der Waals surface area (Å²) < 4.78 is 16.4. The summed E-state index contributed by atoms with van der Waals surface area (Å²) in [6.45, 7) is 8.42. The van der Waals surface area contributed by atoms with Crippen molar-refractivity contribution in [3.8, 4) is 17.4 Å². The molecule has 0 fully saturated rings. The van der Waals surface area contributed by atoms with Gasteiger partial charge in [-0.2, -0.15) is 5.10 Å². The van der Waals surface area contributed by atoms with Crippen LogP contribution in [-0.4, -0.2) is 59.5 Å². The van der Waals surface area contributed by atoms with E-state index in [1.165, 1.54) is 0 Å². The molecule has 0 spiro atoms. The number of ether oxygens (including phenoxy) is 3. The van der Waals surface area contributed by atoms with Crippen molar-refractivity contribution in [1.82, 2.24) is 15.5 Å². The zero-order valence-corrected chi connectivity index (χ0v) is 19.2. The molecule has 0 aliphatic heterocycles. The van der Waals surface area contributed by atoms with E-state index in [2.05, 4.69) is 26.0 Å². The van der Waals surface area contributed by atoms with Gasteiger partial charge in [0.25, 0.3) is 0 Å². The number of aliphatic hydroxyl groups is 1. The van der Waals surface area contributed by atoms with Crippen molar-refractivity contribution in [2.75, 3.05) is 32.3 Å². The smallest absolute Gasteiger partial charge is 0.233 e. The first kappa shape index (κ1) is 24.6. The number of hydrogen-bond acceptors (Lipinski definition) is 9. The van der Waals surface area contributed by atoms with Crippen molar-refractivity contribution in [3.63, 3.8) is 0 Å². The second-order valence-corrected chi connectivity index (χ2v) is 8.15. The molecular weight excluding hydrogens is 422 g/mol. The van der Waals surface area contributed by atoms with Gasteiger partial charge >= 0.3 is 0 Å². The molecule has 2 rings (SSSR count). The summed E-state index contributed by atoms with van der Waals surface area (Å²) in [5, 5.41) is 26.0. The van der Waals surface area contributed by atoms with Gasteiger partial charge in [-0.05, 0) is 45.9 Å². The van der Waals surface area contributed by atoms with E-state index < -0.39 is 11.6 Å². The first-order chi connectivity index (χ1) is 14.7. The SMILES string of the molecule is COc1ccc(OCC(O)CNC(C)(C)COc2ccc(NN=C(C)C)nn2)c(Cl)c1. The van der Waals surface area contributed by atoms with E-state index in [0.717, 1.165) is 5.71 Å². The van der Waals surface area contributed by atoms with Gasteiger partial charge in [0.05, 0.1) is 12.1 Å². The van der Waals surface area contributed by atoms with E-state index in [1.54, 1.807) is 37.4 Å². The molecule has 0 aliphatic rings. The molecule has 1 atom stereocenters. The minimum atomic E-state index is -0.731. The number of nitrogens with zero attached hydrogens (tertiary/aromatic N) is 3. The molecule has 1 aromatic heterocycles. The molecule has 0 radical (unpaired) electrons. The molecule has 9 nitrogen and oxygen atoms in total. The molecule has 170 valence electrons. The molecule has 2 aromatic rings. The highest BCUT2D eigenvalue weighted by Crippen LogP contribution is 2.28. The van der Waals surface area contributed by atoms with Crippen LogP contribution in [0.2, 0.25) is 5.02 Å². The fourth-order valence-corrected chi connectivity index (χ4v) is 2.52. The maximum Gasteiger partial charge on any atom is 0.233 e. The maximum absolute atomic E-state index is 10.2. The molecule has 1 aromatic carbocycles. The van der Waals surface area contributed by atoms with E-state index in [0.29, 0.717) is 41.4 Å². The number of aliphatic hydroxyl groups excluding tert-OH is 1. The molecule has 10 heteroatoms. The Morgan fingerprint density at radius 3 is 2.58 bits per heavy atom. The van der Waals surface area contributed by atoms with Gasteiger partial charge in [0.1, 0.15) is 30.8 Å². The summed E-state index contributed by atoms with van der Waals surface area (Å²) in [6, 6.07) is 8.56. The molecule has 0 amide bonds. The average molecular weight is 452 g/mol. The van der Waals surface area contributed by atoms with E-state index in [1.807, 2.05) is 27.7 Å². The predicted octanol–water partition coefficient (Wildman–Crippen LogP) is 3.13. The largest absolute Gasteiger partial charge is 0.497 e. The second-order valence-electron chi connectivity index (χ2n) is 7.74. The Labute approximate surface area is 187 Å². The zero-order chi connectivity index (χ0) is 22.9. The van der Waals surface area contributed by atoms with Crippen LogP contribution in [0.15, 0.2) is 35.4 Å². The van der Waals surface area contributed by atoms with E-state index in [-0.39, 0.29) is 6.61 Å². The summed E-state index contributed by atoms with van der Waals surface area (Å²) in [4.78, 5) is 0. The van der Waals surface area contributed by atoms with Crippen LogP contribution in [0.25, 0.3) is 0 Å². The lowest BCUT2D eigenvalue weighted by atomic mass is 10.1. The zero-order valence-electron chi connectivity index (χ0n) is 18.5. The normalized spacial score (nSPS) is 12.1. The fourth-order valence-electron chi connectivity index (χ4n) is 2.30. The predicted molar refractivity (Wildman–Crippen MR) is 122 cm³/mol. The number of methoxy groups -OCH3 is 1. The number of hydrazone groups is 1. The summed E-state index contributed by atoms with van der Waals surface area (Å²) in [7, 11) is 1.56. The first-order valence-electron chi connectivity index (χ1n) is 9.81. The second kappa shape index (κ2) is 11.7. The van der Waals surface area contributed by atoms with Gasteiger partial charge in [0.15, 0.2) is 5.82 Å². The first-order valence-corrected chi connectivity index (χ1v) is 10.2. The lowest BCUT2D eigenvalue weighted by molar-refractivity contribution is 0.0923. The van der Waals surface area contributed by atoms with E-state index in [9.17, 15) is 5.11 Å². The van der Waals surface area contributed by atoms with E-state index in [4.69, 9.17) is 25.8 Å². The van der Waals surface area contributed by atoms with Crippen LogP contribution in [0, 0.1) is 0 Å². The Balaban J connectivity index is 1.74. The standard InChI is InChI=1S/C21H30ClN5O4/c1-14(2)24-25-19-8-9-20(27-26-19)31-13-21(3,4)23-11-15(28)12-30-18-7-6-16(29-5)10-17(18)22/h6-10,15,23,28H,11-13H2,1-5H3,(H,25,26). The Morgan fingerprint density at radius 2 is 1.97 bits per heavy atom. The highest BCUT2D eigenvalue weighted by Gasteiger charge is 2.20. The van der Waals surface area contributed by atoms with Crippen LogP contribution in [0.1, 0.15) is 27.7 Å². The van der Waals surface area contributed by atoms with Crippen LogP contribution in [0.5, 0.6) is 17.4 Å². The molecule has 1 unspecified atom stereocenters. The number of hydrogen-bond donors (Lipinski definition) is 3. The number of aromatic nitrogens is 2. The number of β-amino-alcohol motifs (C(OH)–C–C–N with tert-alkyl or cyclic N) is 1. The van der Waals surface area contributed by atoms with E-state index >= 15 is 0 Å². The topological polar surface area (TPSA) is 110 Å². The van der Waals surface area contributed by atoms with Gasteiger partial charge in [-0.25, -0.2) is 0 Å². The van der Waals surface area contributed by atoms with Crippen LogP contribution >= 0.6 is 11.6 Å². The Morgan fingerprint density at radius 1 is 1.19 bits per heavy atom. The highest BCUT2D eigenvalue weighted by molar-refractivity contribution is 6.32. The Kier molecular flexibility index (Phi) is 9.29. The summed E-state index contributed by atoms with van der Waals surface area (Å²) in [5.74, 6) is 2.06. The van der Waals surface area contributed by atoms with Crippen molar-refractivity contribution in [2.45, 2.75) is 39.3 Å². The van der Waals surface area contributed by atoms with Crippen LogP contribution < -0.4 is 25.0 Å². The quantitative estimate of drug-likeness (QED) is 0.333. The van der Waals surface area contributed by atoms with Crippen LogP contribution in [0.3, 0.4) is 0 Å². The minimum absolute atomic E-state index is 0.0929. The van der Waals surface area contributed by atoms with Crippen molar-refractivity contribution >= 4 is 23.1 Å². The summed E-state index contributed by atoms with van der Waals surface area (Å²) >= 11 is 6.14. The summed E-state index contributed by atoms with van der Waals surface area (Å²) in [5.41, 5.74) is 3.27. The highest BCUT2D eigenvalue weighted by atomic mass is 35.5. The molecule has 31 heavy (non-hydrogen) atoms. The lowest BCUT2D eigenvalue weighted by Crippen LogP contribution is -2.48.